The third-order valence-corrected chi connectivity index (χ3v) is 3.14. The van der Waals surface area contributed by atoms with Crippen molar-refractivity contribution in [3.63, 3.8) is 0 Å². The lowest BCUT2D eigenvalue weighted by molar-refractivity contribution is -0.139. The summed E-state index contributed by atoms with van der Waals surface area (Å²) in [6.45, 7) is -0.246. The monoisotopic (exact) mass is 334 g/mol. The van der Waals surface area contributed by atoms with Crippen molar-refractivity contribution < 1.29 is 33.6 Å². The van der Waals surface area contributed by atoms with E-state index in [1.165, 1.54) is 26.4 Å². The normalized spacial score (nSPS) is 10.8. The van der Waals surface area contributed by atoms with E-state index in [1.54, 1.807) is 24.3 Å². The van der Waals surface area contributed by atoms with Crippen LogP contribution in [0.5, 0.6) is 17.2 Å². The molecular weight excluding hydrogens is 316 g/mol. The number of carbonyl (C=O) groups is 1. The third kappa shape index (κ3) is 4.30. The summed E-state index contributed by atoms with van der Waals surface area (Å²) in [5, 5.41) is 18.7. The van der Waals surface area contributed by atoms with Crippen molar-refractivity contribution in [1.29, 1.82) is 0 Å². The van der Waals surface area contributed by atoms with Gasteiger partial charge in [-0.1, -0.05) is 0 Å². The predicted octanol–water partition coefficient (Wildman–Crippen LogP) is 2.25. The fourth-order valence-electron chi connectivity index (χ4n) is 1.95. The molecule has 0 saturated carbocycles. The highest BCUT2D eigenvalue weighted by molar-refractivity contribution is 5.87. The average molecular weight is 334 g/mol. The lowest BCUT2D eigenvalue weighted by Crippen LogP contribution is -2.00. The number of aromatic hydroxyl groups is 1. The minimum absolute atomic E-state index is 0.0363. The fourth-order valence-corrected chi connectivity index (χ4v) is 1.95. The van der Waals surface area contributed by atoms with Crippen molar-refractivity contribution in [3.8, 4) is 17.2 Å². The Balaban J connectivity index is 2.00. The van der Waals surface area contributed by atoms with Crippen molar-refractivity contribution >= 4 is 12.0 Å². The number of hydrogen-bond acceptors (Lipinski definition) is 7. The van der Waals surface area contributed by atoms with E-state index in [0.717, 1.165) is 0 Å². The Morgan fingerprint density at radius 3 is 2.33 bits per heavy atom. The standard InChI is InChI=1S/C17H18O7/c1-21-14-7-11(8-15(22-2)17(14)20)3-6-16(19)23-10-13-5-4-12(9-18)24-13/h3-8,18,20H,9-10H2,1-2H3/b6-3+. The zero-order chi connectivity index (χ0) is 17.5. The van der Waals surface area contributed by atoms with Crippen LogP contribution >= 0.6 is 0 Å². The van der Waals surface area contributed by atoms with Crippen molar-refractivity contribution in [2.24, 2.45) is 0 Å². The van der Waals surface area contributed by atoms with Crippen molar-refractivity contribution in [1.82, 2.24) is 0 Å². The summed E-state index contributed by atoms with van der Waals surface area (Å²) in [7, 11) is 2.83. The Bertz CT molecular complexity index is 705. The lowest BCUT2D eigenvalue weighted by Gasteiger charge is -2.09. The number of hydrogen-bond donors (Lipinski definition) is 2. The van der Waals surface area contributed by atoms with Crippen LogP contribution in [-0.2, 0) is 22.7 Å². The van der Waals surface area contributed by atoms with Crippen LogP contribution in [0.2, 0.25) is 0 Å². The van der Waals surface area contributed by atoms with Gasteiger partial charge < -0.3 is 28.8 Å². The smallest absolute Gasteiger partial charge is 0.331 e. The summed E-state index contributed by atoms with van der Waals surface area (Å²) < 4.78 is 20.3. The quantitative estimate of drug-likeness (QED) is 0.592. The Labute approximate surface area is 138 Å². The minimum Gasteiger partial charge on any atom is -0.502 e. The van der Waals surface area contributed by atoms with Crippen molar-refractivity contribution in [2.75, 3.05) is 14.2 Å². The molecule has 7 heteroatoms. The maximum atomic E-state index is 11.7. The van der Waals surface area contributed by atoms with Crippen LogP contribution in [0.3, 0.4) is 0 Å². The number of methoxy groups -OCH3 is 2. The van der Waals surface area contributed by atoms with Gasteiger partial charge in [0.15, 0.2) is 11.5 Å². The van der Waals surface area contributed by atoms with Crippen LogP contribution in [-0.4, -0.2) is 30.4 Å². The Morgan fingerprint density at radius 1 is 1.17 bits per heavy atom. The van der Waals surface area contributed by atoms with Crippen molar-refractivity contribution in [2.45, 2.75) is 13.2 Å². The second-order valence-corrected chi connectivity index (χ2v) is 4.74. The summed E-state index contributed by atoms with van der Waals surface area (Å²) in [5.74, 6) is 0.623. The van der Waals surface area contributed by atoms with Crippen LogP contribution in [0.4, 0.5) is 0 Å². The van der Waals surface area contributed by atoms with Gasteiger partial charge in [-0.2, -0.15) is 0 Å². The van der Waals surface area contributed by atoms with E-state index in [9.17, 15) is 9.90 Å². The van der Waals surface area contributed by atoms with Gasteiger partial charge in [-0.05, 0) is 35.9 Å². The first-order chi connectivity index (χ1) is 11.6. The number of phenolic OH excluding ortho intramolecular Hbond substituents is 1. The highest BCUT2D eigenvalue weighted by atomic mass is 16.5. The van der Waals surface area contributed by atoms with Crippen LogP contribution in [0, 0.1) is 0 Å². The SMILES string of the molecule is COc1cc(/C=C/C(=O)OCc2ccc(CO)o2)cc(OC)c1O. The first-order valence-corrected chi connectivity index (χ1v) is 7.05. The molecule has 1 heterocycles. The van der Waals surface area contributed by atoms with E-state index >= 15 is 0 Å². The molecule has 2 N–H and O–H groups in total. The molecule has 0 fully saturated rings. The molecule has 0 aliphatic rings. The number of carbonyl (C=O) groups excluding carboxylic acids is 1. The number of ether oxygens (including phenoxy) is 3. The van der Waals surface area contributed by atoms with Crippen LogP contribution < -0.4 is 9.47 Å². The maximum absolute atomic E-state index is 11.7. The van der Waals surface area contributed by atoms with Gasteiger partial charge in [-0.3, -0.25) is 0 Å². The fraction of sp³-hybridized carbons (Fsp3) is 0.235. The molecule has 0 aliphatic heterocycles. The molecule has 0 radical (unpaired) electrons. The molecule has 1 aromatic heterocycles. The summed E-state index contributed by atoms with van der Waals surface area (Å²) in [5.41, 5.74) is 0.596. The highest BCUT2D eigenvalue weighted by Gasteiger charge is 2.10. The van der Waals surface area contributed by atoms with Gasteiger partial charge in [0.25, 0.3) is 0 Å². The van der Waals surface area contributed by atoms with Gasteiger partial charge in [0.05, 0.1) is 14.2 Å². The lowest BCUT2D eigenvalue weighted by atomic mass is 10.1. The van der Waals surface area contributed by atoms with E-state index in [0.29, 0.717) is 17.1 Å². The number of esters is 1. The number of furan rings is 1. The van der Waals surface area contributed by atoms with Gasteiger partial charge in [-0.15, -0.1) is 0 Å². The number of aliphatic hydroxyl groups excluding tert-OH is 1. The Kier molecular flexibility index (Phi) is 5.86. The molecule has 0 spiro atoms. The topological polar surface area (TPSA) is 98.4 Å². The van der Waals surface area contributed by atoms with Gasteiger partial charge in [-0.25, -0.2) is 4.79 Å². The Morgan fingerprint density at radius 2 is 1.79 bits per heavy atom. The molecule has 1 aromatic carbocycles. The van der Waals surface area contributed by atoms with E-state index in [2.05, 4.69) is 0 Å². The predicted molar refractivity (Wildman–Crippen MR) is 84.7 cm³/mol. The second-order valence-electron chi connectivity index (χ2n) is 4.74. The Hall–Kier alpha value is -2.93. The number of aliphatic hydroxyl groups is 1. The zero-order valence-corrected chi connectivity index (χ0v) is 13.3. The molecule has 7 nitrogen and oxygen atoms in total. The van der Waals surface area contributed by atoms with Crippen LogP contribution in [0.25, 0.3) is 6.08 Å². The molecule has 2 rings (SSSR count). The summed E-state index contributed by atoms with van der Waals surface area (Å²) >= 11 is 0. The molecule has 0 aliphatic carbocycles. The van der Waals surface area contributed by atoms with Crippen molar-refractivity contribution in [3.05, 3.63) is 47.4 Å². The minimum atomic E-state index is -0.567. The molecular formula is C17H18O7. The molecule has 24 heavy (non-hydrogen) atoms. The summed E-state index contributed by atoms with van der Waals surface area (Å²) in [6, 6.07) is 6.34. The van der Waals surface area contributed by atoms with Crippen LogP contribution in [0.1, 0.15) is 17.1 Å². The first-order valence-electron chi connectivity index (χ1n) is 7.05. The van der Waals surface area contributed by atoms with E-state index in [4.69, 9.17) is 23.7 Å². The molecule has 0 amide bonds. The molecule has 0 atom stereocenters. The van der Waals surface area contributed by atoms with E-state index in [1.807, 2.05) is 0 Å². The van der Waals surface area contributed by atoms with Crippen LogP contribution in [0.15, 0.2) is 34.8 Å². The number of rotatable bonds is 7. The third-order valence-electron chi connectivity index (χ3n) is 3.14. The maximum Gasteiger partial charge on any atom is 0.331 e. The largest absolute Gasteiger partial charge is 0.502 e. The molecule has 128 valence electrons. The summed E-state index contributed by atoms with van der Waals surface area (Å²) in [6.07, 6.45) is 2.75. The number of phenols is 1. The van der Waals surface area contributed by atoms with Gasteiger partial charge in [0, 0.05) is 6.08 Å². The molecule has 0 bridgehead atoms. The number of benzene rings is 1. The molecule has 0 unspecified atom stereocenters. The first kappa shape index (κ1) is 17.4. The zero-order valence-electron chi connectivity index (χ0n) is 13.3. The van der Waals surface area contributed by atoms with E-state index < -0.39 is 5.97 Å². The second kappa shape index (κ2) is 8.07. The summed E-state index contributed by atoms with van der Waals surface area (Å²) in [4.78, 5) is 11.7. The average Bonchev–Trinajstić information content (AvgIpc) is 3.07. The highest BCUT2D eigenvalue weighted by Crippen LogP contribution is 2.37. The molecule has 2 aromatic rings. The van der Waals surface area contributed by atoms with Gasteiger partial charge in [0.2, 0.25) is 5.75 Å². The van der Waals surface area contributed by atoms with E-state index in [-0.39, 0.29) is 30.5 Å². The van der Waals surface area contributed by atoms with Gasteiger partial charge >= 0.3 is 5.97 Å². The molecule has 0 saturated heterocycles. The van der Waals surface area contributed by atoms with Gasteiger partial charge in [0.1, 0.15) is 24.7 Å².